The molecule has 0 aliphatic heterocycles. The first-order valence-corrected chi connectivity index (χ1v) is 7.21. The Morgan fingerprint density at radius 2 is 2.24 bits per heavy atom. The standard InChI is InChI=1S/C13H22O3S/c1-3-4-5-6-13(2,16)9-17-12-8-10(14)7-11(12)15/h8,10,14,16H,3-7,9H2,1-2H3. The molecule has 1 aliphatic rings. The highest BCUT2D eigenvalue weighted by molar-refractivity contribution is 8.04. The number of thioether (sulfide) groups is 1. The third-order valence-corrected chi connectivity index (χ3v) is 4.31. The van der Waals surface area contributed by atoms with E-state index in [9.17, 15) is 15.0 Å². The lowest BCUT2D eigenvalue weighted by Gasteiger charge is -2.22. The van der Waals surface area contributed by atoms with Gasteiger partial charge in [0.05, 0.1) is 11.7 Å². The van der Waals surface area contributed by atoms with Crippen LogP contribution in [0.2, 0.25) is 0 Å². The summed E-state index contributed by atoms with van der Waals surface area (Å²) in [5, 5.41) is 19.4. The number of rotatable bonds is 7. The summed E-state index contributed by atoms with van der Waals surface area (Å²) in [6, 6.07) is 0. The number of aliphatic hydroxyl groups is 2. The SMILES string of the molecule is CCCCCC(C)(O)CSC1=CC(O)CC1=O. The van der Waals surface area contributed by atoms with Crippen molar-refractivity contribution in [1.82, 2.24) is 0 Å². The number of carbonyl (C=O) groups excluding carboxylic acids is 1. The zero-order chi connectivity index (χ0) is 12.9. The predicted octanol–water partition coefficient (Wildman–Crippen LogP) is 2.27. The molecule has 0 spiro atoms. The third kappa shape index (κ3) is 5.23. The Bertz CT molecular complexity index is 297. The Morgan fingerprint density at radius 1 is 1.53 bits per heavy atom. The number of hydrogen-bond acceptors (Lipinski definition) is 4. The maximum absolute atomic E-state index is 11.4. The van der Waals surface area contributed by atoms with Gasteiger partial charge < -0.3 is 10.2 Å². The van der Waals surface area contributed by atoms with Crippen molar-refractivity contribution in [3.8, 4) is 0 Å². The molecule has 0 aromatic carbocycles. The minimum Gasteiger partial charge on any atom is -0.389 e. The highest BCUT2D eigenvalue weighted by Gasteiger charge is 2.26. The van der Waals surface area contributed by atoms with Crippen molar-refractivity contribution < 1.29 is 15.0 Å². The number of ketones is 1. The van der Waals surface area contributed by atoms with Gasteiger partial charge in [-0.25, -0.2) is 0 Å². The van der Waals surface area contributed by atoms with Crippen molar-refractivity contribution in [1.29, 1.82) is 0 Å². The first kappa shape index (κ1) is 14.7. The molecular formula is C13H22O3S. The van der Waals surface area contributed by atoms with Crippen molar-refractivity contribution in [2.24, 2.45) is 0 Å². The smallest absolute Gasteiger partial charge is 0.171 e. The first-order valence-electron chi connectivity index (χ1n) is 6.23. The first-order chi connectivity index (χ1) is 7.94. The number of Topliss-reactive ketones (excluding diaryl/α,β-unsaturated/α-hetero) is 1. The molecule has 4 heteroatoms. The van der Waals surface area contributed by atoms with E-state index in [0.29, 0.717) is 10.7 Å². The fourth-order valence-electron chi connectivity index (χ4n) is 1.81. The number of aliphatic hydroxyl groups excluding tert-OH is 1. The van der Waals surface area contributed by atoms with E-state index in [4.69, 9.17) is 0 Å². The number of allylic oxidation sites excluding steroid dienone is 1. The molecule has 98 valence electrons. The van der Waals surface area contributed by atoms with Crippen LogP contribution >= 0.6 is 11.8 Å². The van der Waals surface area contributed by atoms with Gasteiger partial charge in [-0.2, -0.15) is 0 Å². The van der Waals surface area contributed by atoms with E-state index in [0.717, 1.165) is 25.7 Å². The normalized spacial score (nSPS) is 23.6. The summed E-state index contributed by atoms with van der Waals surface area (Å²) in [5.74, 6) is 0.507. The Kier molecular flexibility index (Phi) is 5.70. The molecule has 0 amide bonds. The van der Waals surface area contributed by atoms with E-state index in [1.807, 2.05) is 6.92 Å². The Hall–Kier alpha value is -0.320. The van der Waals surface area contributed by atoms with Gasteiger partial charge in [-0.1, -0.05) is 26.2 Å². The van der Waals surface area contributed by atoms with E-state index in [2.05, 4.69) is 6.92 Å². The molecule has 0 aromatic rings. The van der Waals surface area contributed by atoms with Gasteiger partial charge in [0.1, 0.15) is 0 Å². The van der Waals surface area contributed by atoms with E-state index >= 15 is 0 Å². The zero-order valence-corrected chi connectivity index (χ0v) is 11.4. The molecule has 0 aromatic heterocycles. The lowest BCUT2D eigenvalue weighted by atomic mass is 10.0. The summed E-state index contributed by atoms with van der Waals surface area (Å²) in [7, 11) is 0. The topological polar surface area (TPSA) is 57.5 Å². The van der Waals surface area contributed by atoms with E-state index in [1.54, 1.807) is 6.08 Å². The second-order valence-corrected chi connectivity index (χ2v) is 5.99. The summed E-state index contributed by atoms with van der Waals surface area (Å²) in [6.45, 7) is 3.94. The predicted molar refractivity (Wildman–Crippen MR) is 70.9 cm³/mol. The van der Waals surface area contributed by atoms with Crippen molar-refractivity contribution in [2.75, 3.05) is 5.75 Å². The molecule has 2 atom stereocenters. The average molecular weight is 258 g/mol. The maximum atomic E-state index is 11.4. The minimum absolute atomic E-state index is 0.00754. The highest BCUT2D eigenvalue weighted by Crippen LogP contribution is 2.30. The van der Waals surface area contributed by atoms with Gasteiger partial charge in [-0.05, 0) is 19.4 Å². The lowest BCUT2D eigenvalue weighted by Crippen LogP contribution is -2.27. The molecular weight excluding hydrogens is 236 g/mol. The Balaban J connectivity index is 2.33. The molecule has 0 bridgehead atoms. The molecule has 1 aliphatic carbocycles. The van der Waals surface area contributed by atoms with Crippen LogP contribution in [0.3, 0.4) is 0 Å². The fourth-order valence-corrected chi connectivity index (χ4v) is 2.92. The summed E-state index contributed by atoms with van der Waals surface area (Å²) in [5.41, 5.74) is -0.728. The third-order valence-electron chi connectivity index (χ3n) is 2.87. The molecule has 2 unspecified atom stereocenters. The minimum atomic E-state index is -0.728. The quantitative estimate of drug-likeness (QED) is 0.688. The van der Waals surface area contributed by atoms with Crippen LogP contribution in [0.5, 0.6) is 0 Å². The van der Waals surface area contributed by atoms with Gasteiger partial charge in [-0.3, -0.25) is 4.79 Å². The molecule has 0 saturated carbocycles. The van der Waals surface area contributed by atoms with Crippen LogP contribution < -0.4 is 0 Å². The maximum Gasteiger partial charge on any atom is 0.171 e. The van der Waals surface area contributed by atoms with Gasteiger partial charge in [-0.15, -0.1) is 11.8 Å². The lowest BCUT2D eigenvalue weighted by molar-refractivity contribution is -0.115. The highest BCUT2D eigenvalue weighted by atomic mass is 32.2. The summed E-state index contributed by atoms with van der Waals surface area (Å²) >= 11 is 1.36. The van der Waals surface area contributed by atoms with Crippen LogP contribution in [0.15, 0.2) is 11.0 Å². The molecule has 0 heterocycles. The van der Waals surface area contributed by atoms with Gasteiger partial charge in [0.25, 0.3) is 0 Å². The van der Waals surface area contributed by atoms with Crippen LogP contribution in [0, 0.1) is 0 Å². The summed E-state index contributed by atoms with van der Waals surface area (Å²) in [4.78, 5) is 12.0. The van der Waals surface area contributed by atoms with Crippen LogP contribution in [-0.4, -0.2) is 33.5 Å². The number of hydrogen-bond donors (Lipinski definition) is 2. The zero-order valence-electron chi connectivity index (χ0n) is 10.6. The monoisotopic (exact) mass is 258 g/mol. The molecule has 0 fully saturated rings. The molecule has 0 radical (unpaired) electrons. The van der Waals surface area contributed by atoms with Crippen LogP contribution in [0.1, 0.15) is 46.0 Å². The number of unbranched alkanes of at least 4 members (excludes halogenated alkanes) is 2. The van der Waals surface area contributed by atoms with Crippen molar-refractivity contribution in [3.05, 3.63) is 11.0 Å². The summed E-state index contributed by atoms with van der Waals surface area (Å²) < 4.78 is 0. The Labute approximate surface area is 107 Å². The van der Waals surface area contributed by atoms with E-state index in [1.165, 1.54) is 11.8 Å². The van der Waals surface area contributed by atoms with Crippen LogP contribution in [0.4, 0.5) is 0 Å². The molecule has 3 nitrogen and oxygen atoms in total. The van der Waals surface area contributed by atoms with Gasteiger partial charge >= 0.3 is 0 Å². The number of carbonyl (C=O) groups is 1. The van der Waals surface area contributed by atoms with Crippen molar-refractivity contribution >= 4 is 17.5 Å². The van der Waals surface area contributed by atoms with Gasteiger partial charge in [0, 0.05) is 17.1 Å². The van der Waals surface area contributed by atoms with Crippen molar-refractivity contribution in [2.45, 2.75) is 57.7 Å². The van der Waals surface area contributed by atoms with Gasteiger partial charge in [0.15, 0.2) is 5.78 Å². The van der Waals surface area contributed by atoms with Crippen molar-refractivity contribution in [3.63, 3.8) is 0 Å². The van der Waals surface area contributed by atoms with Crippen LogP contribution in [0.25, 0.3) is 0 Å². The van der Waals surface area contributed by atoms with Crippen LogP contribution in [-0.2, 0) is 4.79 Å². The largest absolute Gasteiger partial charge is 0.389 e. The molecule has 0 saturated heterocycles. The summed E-state index contributed by atoms with van der Waals surface area (Å²) in [6.07, 6.45) is 5.20. The second-order valence-electron chi connectivity index (χ2n) is 4.97. The molecule has 1 rings (SSSR count). The fraction of sp³-hybridized carbons (Fsp3) is 0.769. The average Bonchev–Trinajstić information content (AvgIpc) is 2.55. The van der Waals surface area contributed by atoms with E-state index < -0.39 is 11.7 Å². The molecule has 2 N–H and O–H groups in total. The molecule has 17 heavy (non-hydrogen) atoms. The second kappa shape index (κ2) is 6.57. The van der Waals surface area contributed by atoms with Gasteiger partial charge in [0.2, 0.25) is 0 Å². The van der Waals surface area contributed by atoms with E-state index in [-0.39, 0.29) is 12.2 Å². The Morgan fingerprint density at radius 3 is 2.76 bits per heavy atom.